The third-order valence-electron chi connectivity index (χ3n) is 5.94. The molecule has 0 bridgehead atoms. The fourth-order valence-corrected chi connectivity index (χ4v) is 5.40. The van der Waals surface area contributed by atoms with Crippen LogP contribution in [-0.2, 0) is 26.1 Å². The van der Waals surface area contributed by atoms with Crippen molar-refractivity contribution in [1.82, 2.24) is 19.4 Å². The highest BCUT2D eigenvalue weighted by Crippen LogP contribution is 2.27. The molecule has 0 N–H and O–H groups in total. The molecule has 0 radical (unpaired) electrons. The Hall–Kier alpha value is -3.48. The average Bonchev–Trinajstić information content (AvgIpc) is 3.47. The number of halogens is 3. The van der Waals surface area contributed by atoms with Gasteiger partial charge in [0.25, 0.3) is 0 Å². The van der Waals surface area contributed by atoms with Gasteiger partial charge in [-0.25, -0.2) is 14.3 Å². The van der Waals surface area contributed by atoms with E-state index in [0.717, 1.165) is 6.42 Å². The number of esters is 1. The maximum Gasteiger partial charge on any atom is 0.422 e. The number of ether oxygens (including phenoxy) is 2. The van der Waals surface area contributed by atoms with Gasteiger partial charge in [0, 0.05) is 25.2 Å². The van der Waals surface area contributed by atoms with E-state index in [9.17, 15) is 27.0 Å². The first kappa shape index (κ1) is 26.6. The Morgan fingerprint density at radius 1 is 1.22 bits per heavy atom. The van der Waals surface area contributed by atoms with Gasteiger partial charge in [0.2, 0.25) is 5.16 Å². The maximum absolute atomic E-state index is 13.7. The van der Waals surface area contributed by atoms with E-state index >= 15 is 0 Å². The van der Waals surface area contributed by atoms with Crippen LogP contribution in [0.2, 0.25) is 0 Å². The number of rotatable bonds is 7. The molecule has 1 saturated heterocycles. The number of carbonyl (C=O) groups excluding carboxylic acids is 2. The second-order valence-electron chi connectivity index (χ2n) is 8.57. The number of benzene rings is 1. The quantitative estimate of drug-likeness (QED) is 0.419. The summed E-state index contributed by atoms with van der Waals surface area (Å²) in [6, 6.07) is 7.38. The number of nitrogens with zero attached hydrogens (tertiary/aromatic N) is 4. The Labute approximate surface area is 213 Å². The van der Waals surface area contributed by atoms with Gasteiger partial charge in [-0.3, -0.25) is 14.0 Å². The highest BCUT2D eigenvalue weighted by Gasteiger charge is 2.34. The molecule has 1 aromatic carbocycles. The second kappa shape index (κ2) is 10.9. The van der Waals surface area contributed by atoms with Gasteiger partial charge in [-0.1, -0.05) is 12.1 Å². The summed E-state index contributed by atoms with van der Waals surface area (Å²) in [5.41, 5.74) is 1.50. The fourth-order valence-electron chi connectivity index (χ4n) is 4.15. The average molecular weight is 539 g/mol. The van der Waals surface area contributed by atoms with Gasteiger partial charge in [0.05, 0.1) is 39.3 Å². The van der Waals surface area contributed by atoms with Gasteiger partial charge < -0.3 is 14.4 Å². The molecule has 0 aliphatic carbocycles. The van der Waals surface area contributed by atoms with E-state index in [1.54, 1.807) is 29.2 Å². The van der Waals surface area contributed by atoms with E-state index in [0.29, 0.717) is 29.6 Å². The predicted octanol–water partition coefficient (Wildman–Crippen LogP) is 3.98. The van der Waals surface area contributed by atoms with Crippen molar-refractivity contribution in [2.24, 2.45) is 0 Å². The summed E-state index contributed by atoms with van der Waals surface area (Å²) in [7, 11) is -1.88. The predicted molar refractivity (Wildman–Crippen MR) is 128 cm³/mol. The van der Waals surface area contributed by atoms with E-state index in [1.165, 1.54) is 30.7 Å². The fraction of sp³-hybridized carbons (Fsp3) is 0.417. The van der Waals surface area contributed by atoms with Crippen molar-refractivity contribution in [3.63, 3.8) is 0 Å². The first-order valence-electron chi connectivity index (χ1n) is 11.5. The second-order valence-corrected chi connectivity index (χ2v) is 9.91. The molecule has 13 heteroatoms. The number of hydrogen-bond donors (Lipinski definition) is 0. The Bertz CT molecular complexity index is 1340. The smallest absolute Gasteiger partial charge is 0.422 e. The molecule has 2 atom stereocenters. The largest absolute Gasteiger partial charge is 0.484 e. The lowest BCUT2D eigenvalue weighted by Crippen LogP contribution is -2.41. The Balaban J connectivity index is 1.64. The third-order valence-corrected chi connectivity index (χ3v) is 7.16. The number of para-hydroxylation sites is 2. The zero-order chi connectivity index (χ0) is 26.7. The molecule has 3 heterocycles. The van der Waals surface area contributed by atoms with Crippen molar-refractivity contribution in [2.45, 2.75) is 49.8 Å². The van der Waals surface area contributed by atoms with Crippen LogP contribution in [0.3, 0.4) is 0 Å². The molecule has 3 aromatic rings. The van der Waals surface area contributed by atoms with Crippen LogP contribution in [0.15, 0.2) is 41.7 Å². The van der Waals surface area contributed by atoms with Gasteiger partial charge in [-0.05, 0) is 38.0 Å². The molecule has 2 aromatic heterocycles. The van der Waals surface area contributed by atoms with Crippen molar-refractivity contribution >= 4 is 33.8 Å². The molecule has 1 aliphatic heterocycles. The number of carbonyl (C=O) groups is 2. The van der Waals surface area contributed by atoms with Crippen molar-refractivity contribution in [3.05, 3.63) is 47.8 Å². The van der Waals surface area contributed by atoms with Crippen LogP contribution in [-0.4, -0.2) is 67.6 Å². The summed E-state index contributed by atoms with van der Waals surface area (Å²) in [5.74, 6) is -0.657. The van der Waals surface area contributed by atoms with E-state index in [1.807, 2.05) is 0 Å². The monoisotopic (exact) mass is 538 g/mol. The lowest BCUT2D eigenvalue weighted by molar-refractivity contribution is -0.153. The van der Waals surface area contributed by atoms with Gasteiger partial charge in [-0.2, -0.15) is 13.2 Å². The summed E-state index contributed by atoms with van der Waals surface area (Å²) in [5, 5.41) is -0.00727. The van der Waals surface area contributed by atoms with E-state index in [4.69, 9.17) is 9.47 Å². The standard InChI is InChI=1S/C24H25F3N4O5S/c1-15-19(28-10-9-21(15)36-14-24(25,26)27)13-37(34)22-29-18-7-3-4-8-20(18)31(22)23(33)30-11-5-6-17(30)12-35-16(2)32/h3-4,7-10,17H,5-6,11-14H2,1-2H3/t17-,37?/m0/s1. The number of hydrogen-bond acceptors (Lipinski definition) is 7. The van der Waals surface area contributed by atoms with Crippen LogP contribution >= 0.6 is 0 Å². The van der Waals surface area contributed by atoms with Crippen LogP contribution < -0.4 is 4.74 Å². The van der Waals surface area contributed by atoms with E-state index in [-0.39, 0.29) is 35.0 Å². The number of aromatic nitrogens is 3. The molecule has 1 unspecified atom stereocenters. The zero-order valence-corrected chi connectivity index (χ0v) is 21.0. The van der Waals surface area contributed by atoms with Crippen LogP contribution in [0.4, 0.5) is 18.0 Å². The topological polar surface area (TPSA) is 104 Å². The highest BCUT2D eigenvalue weighted by molar-refractivity contribution is 7.84. The van der Waals surface area contributed by atoms with Crippen molar-refractivity contribution in [2.75, 3.05) is 19.8 Å². The van der Waals surface area contributed by atoms with Crippen LogP contribution in [0, 0.1) is 6.92 Å². The van der Waals surface area contributed by atoms with Crippen molar-refractivity contribution < 1.29 is 36.4 Å². The lowest BCUT2D eigenvalue weighted by Gasteiger charge is -2.25. The molecular formula is C24H25F3N4O5S. The van der Waals surface area contributed by atoms with Crippen molar-refractivity contribution in [1.29, 1.82) is 0 Å². The molecule has 0 saturated carbocycles. The molecule has 37 heavy (non-hydrogen) atoms. The number of amides is 1. The Kier molecular flexibility index (Phi) is 7.81. The van der Waals surface area contributed by atoms with Crippen LogP contribution in [0.5, 0.6) is 5.75 Å². The summed E-state index contributed by atoms with van der Waals surface area (Å²) >= 11 is 0. The minimum Gasteiger partial charge on any atom is -0.484 e. The molecule has 1 fully saturated rings. The number of likely N-dealkylation sites (tertiary alicyclic amines) is 1. The van der Waals surface area contributed by atoms with Gasteiger partial charge >= 0.3 is 18.2 Å². The summed E-state index contributed by atoms with van der Waals surface area (Å²) in [6.07, 6.45) is -1.86. The third kappa shape index (κ3) is 6.09. The molecule has 0 spiro atoms. The zero-order valence-electron chi connectivity index (χ0n) is 20.2. The van der Waals surface area contributed by atoms with Crippen molar-refractivity contribution in [3.8, 4) is 5.75 Å². The number of imidazole rings is 1. The summed E-state index contributed by atoms with van der Waals surface area (Å²) in [6.45, 7) is 1.85. The lowest BCUT2D eigenvalue weighted by atomic mass is 10.2. The molecule has 1 aliphatic rings. The molecule has 198 valence electrons. The SMILES string of the molecule is CC(=O)OC[C@@H]1CCCN1C(=O)n1c(S(=O)Cc2nccc(OCC(F)(F)F)c2C)nc2ccccc21. The first-order valence-corrected chi connectivity index (χ1v) is 12.8. The Morgan fingerprint density at radius 2 is 1.97 bits per heavy atom. The maximum atomic E-state index is 13.7. The van der Waals surface area contributed by atoms with E-state index < -0.39 is 35.6 Å². The van der Waals surface area contributed by atoms with Gasteiger partial charge in [0.1, 0.15) is 12.4 Å². The normalized spacial score (nSPS) is 16.7. The number of pyridine rings is 1. The van der Waals surface area contributed by atoms with E-state index in [2.05, 4.69) is 9.97 Å². The minimum absolute atomic E-state index is 0.00727. The van der Waals surface area contributed by atoms with Crippen LogP contribution in [0.25, 0.3) is 11.0 Å². The summed E-state index contributed by atoms with van der Waals surface area (Å²) < 4.78 is 62.6. The van der Waals surface area contributed by atoms with Gasteiger partial charge in [0.15, 0.2) is 6.61 Å². The molecule has 4 rings (SSSR count). The number of fused-ring (bicyclic) bond motifs is 1. The molecular weight excluding hydrogens is 513 g/mol. The minimum atomic E-state index is -4.51. The number of alkyl halides is 3. The Morgan fingerprint density at radius 3 is 2.70 bits per heavy atom. The summed E-state index contributed by atoms with van der Waals surface area (Å²) in [4.78, 5) is 35.2. The first-order chi connectivity index (χ1) is 17.5. The van der Waals surface area contributed by atoms with Gasteiger partial charge in [-0.15, -0.1) is 0 Å². The van der Waals surface area contributed by atoms with Crippen LogP contribution in [0.1, 0.15) is 31.0 Å². The molecule has 9 nitrogen and oxygen atoms in total. The molecule has 1 amide bonds. The highest BCUT2D eigenvalue weighted by atomic mass is 32.2.